The van der Waals surface area contributed by atoms with Crippen molar-refractivity contribution in [1.29, 1.82) is 0 Å². The van der Waals surface area contributed by atoms with E-state index in [0.29, 0.717) is 19.4 Å². The van der Waals surface area contributed by atoms with E-state index in [2.05, 4.69) is 45.9 Å². The van der Waals surface area contributed by atoms with Crippen molar-refractivity contribution < 1.29 is 9.84 Å². The average Bonchev–Trinajstić information content (AvgIpc) is 2.32. The Hall–Kier alpha value is -0.860. The summed E-state index contributed by atoms with van der Waals surface area (Å²) in [5.41, 5.74) is 2.61. The summed E-state index contributed by atoms with van der Waals surface area (Å²) in [6.45, 7) is 9.04. The zero-order valence-electron chi connectivity index (χ0n) is 11.9. The van der Waals surface area contributed by atoms with Gasteiger partial charge in [0.25, 0.3) is 0 Å². The molecule has 2 rings (SSSR count). The Morgan fingerprint density at radius 2 is 2.00 bits per heavy atom. The van der Waals surface area contributed by atoms with Crippen LogP contribution >= 0.6 is 0 Å². The maximum absolute atomic E-state index is 10.9. The first-order chi connectivity index (χ1) is 8.38. The fourth-order valence-corrected chi connectivity index (χ4v) is 2.73. The van der Waals surface area contributed by atoms with Gasteiger partial charge in [-0.25, -0.2) is 0 Å². The average molecular weight is 248 g/mol. The van der Waals surface area contributed by atoms with E-state index in [4.69, 9.17) is 4.74 Å². The molecule has 0 saturated carbocycles. The Kier molecular flexibility index (Phi) is 3.52. The number of aliphatic hydroxyl groups is 1. The zero-order valence-corrected chi connectivity index (χ0v) is 11.9. The molecule has 18 heavy (non-hydrogen) atoms. The summed E-state index contributed by atoms with van der Waals surface area (Å²) < 4.78 is 5.83. The summed E-state index contributed by atoms with van der Waals surface area (Å²) in [4.78, 5) is 0. The van der Waals surface area contributed by atoms with Crippen molar-refractivity contribution in [3.8, 4) is 0 Å². The van der Waals surface area contributed by atoms with Gasteiger partial charge in [0.1, 0.15) is 0 Å². The minimum Gasteiger partial charge on any atom is -0.385 e. The largest absolute Gasteiger partial charge is 0.385 e. The van der Waals surface area contributed by atoms with E-state index in [-0.39, 0.29) is 5.60 Å². The van der Waals surface area contributed by atoms with E-state index in [1.807, 2.05) is 0 Å². The SMILES string of the molecule is CCC1(C)CC(O)(c2ccc(C)c(C)c2)CCO1. The van der Waals surface area contributed by atoms with Crippen LogP contribution in [-0.2, 0) is 10.3 Å². The lowest BCUT2D eigenvalue weighted by molar-refractivity contribution is -0.157. The third-order valence-corrected chi connectivity index (χ3v) is 4.42. The number of aryl methyl sites for hydroxylation is 2. The highest BCUT2D eigenvalue weighted by molar-refractivity contribution is 5.33. The van der Waals surface area contributed by atoms with Gasteiger partial charge in [0.15, 0.2) is 0 Å². The molecule has 0 radical (unpaired) electrons. The summed E-state index contributed by atoms with van der Waals surface area (Å²) >= 11 is 0. The van der Waals surface area contributed by atoms with E-state index in [1.165, 1.54) is 11.1 Å². The minimum atomic E-state index is -0.735. The second-order valence-corrected chi connectivity index (χ2v) is 5.91. The van der Waals surface area contributed by atoms with Crippen LogP contribution in [-0.4, -0.2) is 17.3 Å². The lowest BCUT2D eigenvalue weighted by Crippen LogP contribution is -2.45. The molecule has 100 valence electrons. The quantitative estimate of drug-likeness (QED) is 0.868. The molecule has 1 saturated heterocycles. The summed E-state index contributed by atoms with van der Waals surface area (Å²) in [7, 11) is 0. The van der Waals surface area contributed by atoms with Gasteiger partial charge in [0.05, 0.1) is 17.8 Å². The lowest BCUT2D eigenvalue weighted by atomic mass is 9.77. The molecule has 1 aromatic carbocycles. The summed E-state index contributed by atoms with van der Waals surface area (Å²) in [6.07, 6.45) is 2.30. The number of hydrogen-bond acceptors (Lipinski definition) is 2. The third kappa shape index (κ3) is 2.45. The van der Waals surface area contributed by atoms with Crippen molar-refractivity contribution >= 4 is 0 Å². The molecule has 2 unspecified atom stereocenters. The van der Waals surface area contributed by atoms with Crippen LogP contribution in [0.4, 0.5) is 0 Å². The van der Waals surface area contributed by atoms with Crippen LogP contribution in [0.3, 0.4) is 0 Å². The predicted octanol–water partition coefficient (Wildman–Crippen LogP) is 3.47. The fraction of sp³-hybridized carbons (Fsp3) is 0.625. The Labute approximate surface area is 110 Å². The van der Waals surface area contributed by atoms with Gasteiger partial charge in [-0.1, -0.05) is 25.1 Å². The molecule has 1 aliphatic heterocycles. The Balaban J connectivity index is 2.32. The summed E-state index contributed by atoms with van der Waals surface area (Å²) in [5.74, 6) is 0. The highest BCUT2D eigenvalue weighted by atomic mass is 16.5. The topological polar surface area (TPSA) is 29.5 Å². The van der Waals surface area contributed by atoms with Gasteiger partial charge in [-0.2, -0.15) is 0 Å². The number of ether oxygens (including phenoxy) is 1. The van der Waals surface area contributed by atoms with Crippen LogP contribution in [0.2, 0.25) is 0 Å². The number of benzene rings is 1. The molecule has 1 N–H and O–H groups in total. The van der Waals surface area contributed by atoms with Crippen molar-refractivity contribution in [1.82, 2.24) is 0 Å². The molecule has 0 spiro atoms. The van der Waals surface area contributed by atoms with Gasteiger partial charge in [-0.15, -0.1) is 0 Å². The Bertz CT molecular complexity index is 441. The normalized spacial score (nSPS) is 32.5. The molecule has 1 aromatic rings. The first-order valence-corrected chi connectivity index (χ1v) is 6.83. The van der Waals surface area contributed by atoms with Gasteiger partial charge in [-0.3, -0.25) is 0 Å². The predicted molar refractivity (Wildman–Crippen MR) is 73.7 cm³/mol. The molecule has 2 atom stereocenters. The number of hydrogen-bond donors (Lipinski definition) is 1. The van der Waals surface area contributed by atoms with E-state index >= 15 is 0 Å². The first kappa shape index (κ1) is 13.6. The van der Waals surface area contributed by atoms with Gasteiger partial charge < -0.3 is 9.84 Å². The molecule has 1 heterocycles. The fourth-order valence-electron chi connectivity index (χ4n) is 2.73. The Morgan fingerprint density at radius 3 is 2.61 bits per heavy atom. The van der Waals surface area contributed by atoms with Gasteiger partial charge in [-0.05, 0) is 43.9 Å². The van der Waals surface area contributed by atoms with Gasteiger partial charge in [0, 0.05) is 12.8 Å². The molecule has 2 heteroatoms. The van der Waals surface area contributed by atoms with Crippen LogP contribution in [0.1, 0.15) is 49.8 Å². The molecule has 0 aliphatic carbocycles. The highest BCUT2D eigenvalue weighted by Gasteiger charge is 2.42. The third-order valence-electron chi connectivity index (χ3n) is 4.42. The lowest BCUT2D eigenvalue weighted by Gasteiger charge is -2.43. The molecular weight excluding hydrogens is 224 g/mol. The molecule has 0 aromatic heterocycles. The van der Waals surface area contributed by atoms with Crippen molar-refractivity contribution in [2.75, 3.05) is 6.61 Å². The van der Waals surface area contributed by atoms with Crippen LogP contribution in [0.15, 0.2) is 18.2 Å². The Morgan fingerprint density at radius 1 is 1.28 bits per heavy atom. The summed E-state index contributed by atoms with van der Waals surface area (Å²) in [5, 5.41) is 10.9. The van der Waals surface area contributed by atoms with Gasteiger partial charge >= 0.3 is 0 Å². The molecule has 0 amide bonds. The van der Waals surface area contributed by atoms with E-state index in [1.54, 1.807) is 0 Å². The molecule has 2 nitrogen and oxygen atoms in total. The summed E-state index contributed by atoms with van der Waals surface area (Å²) in [6, 6.07) is 6.28. The minimum absolute atomic E-state index is 0.203. The van der Waals surface area contributed by atoms with E-state index in [9.17, 15) is 5.11 Å². The van der Waals surface area contributed by atoms with E-state index < -0.39 is 5.60 Å². The zero-order chi connectivity index (χ0) is 13.4. The van der Waals surface area contributed by atoms with Crippen molar-refractivity contribution in [2.24, 2.45) is 0 Å². The van der Waals surface area contributed by atoms with Crippen molar-refractivity contribution in [3.63, 3.8) is 0 Å². The van der Waals surface area contributed by atoms with Crippen molar-refractivity contribution in [3.05, 3.63) is 34.9 Å². The second kappa shape index (κ2) is 4.67. The van der Waals surface area contributed by atoms with Gasteiger partial charge in [0.2, 0.25) is 0 Å². The maximum Gasteiger partial charge on any atom is 0.0945 e. The van der Waals surface area contributed by atoms with Crippen LogP contribution < -0.4 is 0 Å². The van der Waals surface area contributed by atoms with Crippen LogP contribution in [0.5, 0.6) is 0 Å². The molecule has 0 bridgehead atoms. The number of rotatable bonds is 2. The highest BCUT2D eigenvalue weighted by Crippen LogP contribution is 2.41. The van der Waals surface area contributed by atoms with Crippen LogP contribution in [0.25, 0.3) is 0 Å². The smallest absolute Gasteiger partial charge is 0.0945 e. The molecule has 1 aliphatic rings. The maximum atomic E-state index is 10.9. The first-order valence-electron chi connectivity index (χ1n) is 6.83. The molecular formula is C16H24O2. The van der Waals surface area contributed by atoms with Crippen molar-refractivity contribution in [2.45, 2.75) is 58.2 Å². The van der Waals surface area contributed by atoms with E-state index in [0.717, 1.165) is 12.0 Å². The standard InChI is InChI=1S/C16H24O2/c1-5-15(4)11-16(17,8-9-18-15)14-7-6-12(2)13(3)10-14/h6-7,10,17H,5,8-9,11H2,1-4H3. The van der Waals surface area contributed by atoms with Crippen LogP contribution in [0, 0.1) is 13.8 Å². The second-order valence-electron chi connectivity index (χ2n) is 5.91. The molecule has 1 fully saturated rings. The monoisotopic (exact) mass is 248 g/mol.